The van der Waals surface area contributed by atoms with Crippen LogP contribution in [-0.2, 0) is 11.3 Å². The van der Waals surface area contributed by atoms with E-state index in [1.165, 1.54) is 5.56 Å². The maximum Gasteiger partial charge on any atom is 0.233 e. The minimum atomic E-state index is -0.141. The number of carbonyl (C=O) groups excluding carboxylic acids is 1. The lowest BCUT2D eigenvalue weighted by Gasteiger charge is -2.17. The molecule has 1 aromatic heterocycles. The van der Waals surface area contributed by atoms with E-state index in [0.29, 0.717) is 6.54 Å². The Morgan fingerprint density at radius 2 is 1.96 bits per heavy atom. The molecule has 0 radical (unpaired) electrons. The van der Waals surface area contributed by atoms with Crippen molar-refractivity contribution in [2.75, 3.05) is 19.0 Å². The zero-order valence-corrected chi connectivity index (χ0v) is 14.9. The number of hydrogen-bond donors (Lipinski definition) is 1. The smallest absolute Gasteiger partial charge is 0.233 e. The molecule has 0 aliphatic carbocycles. The number of aryl methyl sites for hydroxylation is 1. The van der Waals surface area contributed by atoms with Crippen molar-refractivity contribution in [3.05, 3.63) is 53.7 Å². The third-order valence-corrected chi connectivity index (χ3v) is 4.56. The van der Waals surface area contributed by atoms with Gasteiger partial charge in [-0.15, -0.1) is 11.8 Å². The van der Waals surface area contributed by atoms with Crippen LogP contribution in [-0.4, -0.2) is 30.2 Å². The molecule has 0 aliphatic heterocycles. The molecular formula is C18H23N3OS. The predicted octanol–water partition coefficient (Wildman–Crippen LogP) is 3.25. The van der Waals surface area contributed by atoms with Crippen LogP contribution in [0.3, 0.4) is 0 Å². The molecule has 1 amide bonds. The molecule has 0 unspecified atom stereocenters. The Morgan fingerprint density at radius 3 is 2.61 bits per heavy atom. The van der Waals surface area contributed by atoms with Gasteiger partial charge in [0.05, 0.1) is 5.25 Å². The van der Waals surface area contributed by atoms with Crippen molar-refractivity contribution in [3.63, 3.8) is 0 Å². The second-order valence-electron chi connectivity index (χ2n) is 5.67. The Hall–Kier alpha value is -2.01. The van der Waals surface area contributed by atoms with Crippen molar-refractivity contribution in [3.8, 4) is 0 Å². The van der Waals surface area contributed by atoms with E-state index in [1.807, 2.05) is 38.1 Å². The molecule has 0 fully saturated rings. The van der Waals surface area contributed by atoms with Crippen molar-refractivity contribution in [2.24, 2.45) is 0 Å². The fourth-order valence-electron chi connectivity index (χ4n) is 2.17. The molecule has 0 spiro atoms. The fraction of sp³-hybridized carbons (Fsp3) is 0.333. The molecular weight excluding hydrogens is 306 g/mol. The lowest BCUT2D eigenvalue weighted by atomic mass is 10.2. The highest BCUT2D eigenvalue weighted by Crippen LogP contribution is 2.23. The molecule has 2 aromatic rings. The zero-order valence-electron chi connectivity index (χ0n) is 14.0. The van der Waals surface area contributed by atoms with E-state index in [1.54, 1.807) is 18.0 Å². The van der Waals surface area contributed by atoms with Crippen LogP contribution in [0.15, 0.2) is 47.5 Å². The average molecular weight is 329 g/mol. The third kappa shape index (κ3) is 4.99. The van der Waals surface area contributed by atoms with E-state index in [0.717, 1.165) is 16.3 Å². The van der Waals surface area contributed by atoms with Gasteiger partial charge in [-0.1, -0.05) is 23.8 Å². The molecule has 23 heavy (non-hydrogen) atoms. The molecule has 1 heterocycles. The van der Waals surface area contributed by atoms with Gasteiger partial charge in [-0.25, -0.2) is 4.98 Å². The normalized spacial score (nSPS) is 11.8. The Morgan fingerprint density at radius 1 is 1.26 bits per heavy atom. The van der Waals surface area contributed by atoms with Crippen LogP contribution < -0.4 is 10.2 Å². The first-order valence-electron chi connectivity index (χ1n) is 7.59. The lowest BCUT2D eigenvalue weighted by molar-refractivity contribution is -0.120. The van der Waals surface area contributed by atoms with Crippen molar-refractivity contribution in [1.29, 1.82) is 0 Å². The number of benzene rings is 1. The van der Waals surface area contributed by atoms with Crippen molar-refractivity contribution < 1.29 is 4.79 Å². The predicted molar refractivity (Wildman–Crippen MR) is 96.9 cm³/mol. The van der Waals surface area contributed by atoms with Gasteiger partial charge in [0.25, 0.3) is 0 Å². The maximum absolute atomic E-state index is 12.3. The molecule has 2 rings (SSSR count). The summed E-state index contributed by atoms with van der Waals surface area (Å²) in [6.07, 6.45) is 1.76. The number of rotatable bonds is 6. The van der Waals surface area contributed by atoms with Crippen molar-refractivity contribution in [2.45, 2.75) is 30.5 Å². The summed E-state index contributed by atoms with van der Waals surface area (Å²) < 4.78 is 0. The summed E-state index contributed by atoms with van der Waals surface area (Å²) in [7, 11) is 3.90. The van der Waals surface area contributed by atoms with Gasteiger partial charge >= 0.3 is 0 Å². The molecule has 0 saturated heterocycles. The molecule has 4 nitrogen and oxygen atoms in total. The highest BCUT2D eigenvalue weighted by molar-refractivity contribution is 8.00. The van der Waals surface area contributed by atoms with Gasteiger partial charge in [0.2, 0.25) is 5.91 Å². The quantitative estimate of drug-likeness (QED) is 0.826. The van der Waals surface area contributed by atoms with Gasteiger partial charge < -0.3 is 10.2 Å². The van der Waals surface area contributed by atoms with Gasteiger partial charge in [0.15, 0.2) is 0 Å². The number of aromatic nitrogens is 1. The number of carbonyl (C=O) groups is 1. The Kier molecular flexibility index (Phi) is 6.04. The topological polar surface area (TPSA) is 45.2 Å². The van der Waals surface area contributed by atoms with Crippen LogP contribution in [0.1, 0.15) is 18.1 Å². The van der Waals surface area contributed by atoms with Gasteiger partial charge in [-0.2, -0.15) is 0 Å². The van der Waals surface area contributed by atoms with Crippen molar-refractivity contribution >= 4 is 23.5 Å². The Balaban J connectivity index is 1.93. The van der Waals surface area contributed by atoms with Crippen LogP contribution in [0.2, 0.25) is 0 Å². The molecule has 1 N–H and O–H groups in total. The SMILES string of the molecule is Cc1ccc(S[C@H](C)C(=O)NCc2cccnc2N(C)C)cc1. The first-order chi connectivity index (χ1) is 11.0. The summed E-state index contributed by atoms with van der Waals surface area (Å²) in [6, 6.07) is 12.1. The van der Waals surface area contributed by atoms with E-state index < -0.39 is 0 Å². The van der Waals surface area contributed by atoms with Gasteiger partial charge in [0, 0.05) is 37.3 Å². The number of hydrogen-bond acceptors (Lipinski definition) is 4. The second-order valence-corrected chi connectivity index (χ2v) is 7.09. The van der Waals surface area contributed by atoms with E-state index >= 15 is 0 Å². The first-order valence-corrected chi connectivity index (χ1v) is 8.47. The molecule has 0 bridgehead atoms. The summed E-state index contributed by atoms with van der Waals surface area (Å²) in [6.45, 7) is 4.47. The van der Waals surface area contributed by atoms with E-state index in [-0.39, 0.29) is 11.2 Å². The minimum Gasteiger partial charge on any atom is -0.362 e. The summed E-state index contributed by atoms with van der Waals surface area (Å²) in [5, 5.41) is 2.86. The molecule has 0 aliphatic rings. The largest absolute Gasteiger partial charge is 0.362 e. The fourth-order valence-corrected chi connectivity index (χ4v) is 3.06. The molecule has 0 saturated carbocycles. The van der Waals surface area contributed by atoms with Crippen LogP contribution in [0.5, 0.6) is 0 Å². The maximum atomic E-state index is 12.3. The number of nitrogens with zero attached hydrogens (tertiary/aromatic N) is 2. The van der Waals surface area contributed by atoms with Crippen molar-refractivity contribution in [1.82, 2.24) is 10.3 Å². The minimum absolute atomic E-state index is 0.0316. The molecule has 1 atom stereocenters. The third-order valence-electron chi connectivity index (χ3n) is 3.45. The summed E-state index contributed by atoms with van der Waals surface area (Å²) in [5.41, 5.74) is 2.23. The number of nitrogens with one attached hydrogen (secondary N) is 1. The van der Waals surface area contributed by atoms with Crippen LogP contribution in [0.4, 0.5) is 5.82 Å². The Labute approximate surface area is 142 Å². The molecule has 5 heteroatoms. The standard InChI is InChI=1S/C18H23N3OS/c1-13-7-9-16(10-8-13)23-14(2)18(22)20-12-15-6-5-11-19-17(15)21(3)4/h5-11,14H,12H2,1-4H3,(H,20,22)/t14-/m1/s1. The number of thioether (sulfide) groups is 1. The van der Waals surface area contributed by atoms with Gasteiger partial charge in [-0.05, 0) is 32.0 Å². The highest BCUT2D eigenvalue weighted by Gasteiger charge is 2.15. The van der Waals surface area contributed by atoms with Gasteiger partial charge in [0.1, 0.15) is 5.82 Å². The summed E-state index contributed by atoms with van der Waals surface area (Å²) in [4.78, 5) is 19.7. The highest BCUT2D eigenvalue weighted by atomic mass is 32.2. The Bertz CT molecular complexity index is 656. The van der Waals surface area contributed by atoms with E-state index in [9.17, 15) is 4.79 Å². The van der Waals surface area contributed by atoms with Gasteiger partial charge in [-0.3, -0.25) is 4.79 Å². The average Bonchev–Trinajstić information content (AvgIpc) is 2.54. The number of anilines is 1. The first kappa shape index (κ1) is 17.3. The summed E-state index contributed by atoms with van der Waals surface area (Å²) in [5.74, 6) is 0.913. The van der Waals surface area contributed by atoms with E-state index in [4.69, 9.17) is 0 Å². The second kappa shape index (κ2) is 8.02. The molecule has 1 aromatic carbocycles. The summed E-state index contributed by atoms with van der Waals surface area (Å²) >= 11 is 1.57. The lowest BCUT2D eigenvalue weighted by Crippen LogP contribution is -2.31. The van der Waals surface area contributed by atoms with E-state index in [2.05, 4.69) is 41.5 Å². The van der Waals surface area contributed by atoms with Crippen LogP contribution in [0.25, 0.3) is 0 Å². The monoisotopic (exact) mass is 329 g/mol. The zero-order chi connectivity index (χ0) is 16.8. The number of amides is 1. The van der Waals surface area contributed by atoms with Crippen LogP contribution in [0, 0.1) is 6.92 Å². The molecule has 122 valence electrons. The van der Waals surface area contributed by atoms with Crippen LogP contribution >= 0.6 is 11.8 Å². The number of pyridine rings is 1.